The second-order valence-electron chi connectivity index (χ2n) is 3.76. The van der Waals surface area contributed by atoms with Crippen molar-refractivity contribution in [2.45, 2.75) is 30.8 Å². The maximum absolute atomic E-state index is 12.0. The van der Waals surface area contributed by atoms with Crippen molar-refractivity contribution in [3.63, 3.8) is 0 Å². The van der Waals surface area contributed by atoms with Gasteiger partial charge in [-0.05, 0) is 37.1 Å². The summed E-state index contributed by atoms with van der Waals surface area (Å²) in [5.74, 6) is 0.593. The maximum Gasteiger partial charge on any atom is 0.0488 e. The van der Waals surface area contributed by atoms with Crippen LogP contribution in [0.25, 0.3) is 0 Å². The lowest BCUT2D eigenvalue weighted by molar-refractivity contribution is 0.649. The van der Waals surface area contributed by atoms with E-state index in [1.165, 1.54) is 0 Å². The summed E-state index contributed by atoms with van der Waals surface area (Å²) in [6.07, 6.45) is 1.74. The predicted molar refractivity (Wildman–Crippen MR) is 71.0 cm³/mol. The average molecular weight is 260 g/mol. The van der Waals surface area contributed by atoms with Gasteiger partial charge in [-0.15, -0.1) is 0 Å². The first kappa shape index (κ1) is 13.7. The summed E-state index contributed by atoms with van der Waals surface area (Å²) in [6.45, 7) is 2.66. The molecule has 0 bridgehead atoms. The third-order valence-corrected chi connectivity index (χ3v) is 4.72. The summed E-state index contributed by atoms with van der Waals surface area (Å²) in [5.41, 5.74) is 6.57. The molecular formula is C12H18ClNOS. The Labute approximate surface area is 105 Å². The lowest BCUT2D eigenvalue weighted by Gasteiger charge is -2.13. The van der Waals surface area contributed by atoms with Crippen molar-refractivity contribution < 1.29 is 4.21 Å². The smallest absolute Gasteiger partial charge is 0.0488 e. The Morgan fingerprint density at radius 3 is 2.50 bits per heavy atom. The molecule has 1 aromatic rings. The van der Waals surface area contributed by atoms with Crippen molar-refractivity contribution in [3.8, 4) is 0 Å². The minimum absolute atomic E-state index is 0.209. The molecule has 0 fully saturated rings. The molecule has 2 atom stereocenters. The number of hydrogen-bond acceptors (Lipinski definition) is 2. The number of nitrogens with two attached hydrogens (primary N) is 1. The second-order valence-corrected chi connectivity index (χ2v) is 5.91. The van der Waals surface area contributed by atoms with Gasteiger partial charge in [-0.1, -0.05) is 30.7 Å². The molecule has 0 saturated heterocycles. The largest absolute Gasteiger partial charge is 0.330 e. The molecular weight excluding hydrogens is 242 g/mol. The van der Waals surface area contributed by atoms with Gasteiger partial charge in [0.1, 0.15) is 0 Å². The van der Waals surface area contributed by atoms with E-state index < -0.39 is 10.8 Å². The van der Waals surface area contributed by atoms with E-state index in [1.807, 2.05) is 24.3 Å². The van der Waals surface area contributed by atoms with Crippen LogP contribution in [0, 0.1) is 0 Å². The van der Waals surface area contributed by atoms with Crippen molar-refractivity contribution in [1.82, 2.24) is 0 Å². The predicted octanol–water partition coefficient (Wildman–Crippen LogP) is 2.72. The Bertz CT molecular complexity index is 339. The summed E-state index contributed by atoms with van der Waals surface area (Å²) < 4.78 is 12.0. The Morgan fingerprint density at radius 2 is 2.00 bits per heavy atom. The van der Waals surface area contributed by atoms with Gasteiger partial charge in [-0.2, -0.15) is 0 Å². The lowest BCUT2D eigenvalue weighted by Crippen LogP contribution is -2.19. The van der Waals surface area contributed by atoms with Crippen LogP contribution in [0.2, 0.25) is 5.02 Å². The van der Waals surface area contributed by atoms with Crippen molar-refractivity contribution in [1.29, 1.82) is 0 Å². The van der Waals surface area contributed by atoms with Gasteiger partial charge in [0.05, 0.1) is 0 Å². The Balaban J connectivity index is 2.59. The van der Waals surface area contributed by atoms with E-state index in [0.717, 1.165) is 18.4 Å². The van der Waals surface area contributed by atoms with E-state index in [-0.39, 0.29) is 5.25 Å². The van der Waals surface area contributed by atoms with Gasteiger partial charge in [0.2, 0.25) is 0 Å². The molecule has 0 heterocycles. The molecule has 0 saturated carbocycles. The fourth-order valence-corrected chi connectivity index (χ4v) is 3.22. The topological polar surface area (TPSA) is 43.1 Å². The summed E-state index contributed by atoms with van der Waals surface area (Å²) in [7, 11) is -0.838. The zero-order valence-corrected chi connectivity index (χ0v) is 11.1. The molecule has 2 nitrogen and oxygen atoms in total. The maximum atomic E-state index is 12.0. The third-order valence-electron chi connectivity index (χ3n) is 2.54. The molecule has 2 N–H and O–H groups in total. The Kier molecular flexibility index (Phi) is 6.03. The number of rotatable bonds is 6. The van der Waals surface area contributed by atoms with Crippen LogP contribution in [0.4, 0.5) is 0 Å². The van der Waals surface area contributed by atoms with Crippen LogP contribution < -0.4 is 5.73 Å². The molecule has 0 aliphatic heterocycles. The highest BCUT2D eigenvalue weighted by molar-refractivity contribution is 7.84. The molecule has 2 unspecified atom stereocenters. The van der Waals surface area contributed by atoms with E-state index in [9.17, 15) is 4.21 Å². The van der Waals surface area contributed by atoms with Gasteiger partial charge in [0.15, 0.2) is 0 Å². The van der Waals surface area contributed by atoms with Gasteiger partial charge >= 0.3 is 0 Å². The highest BCUT2D eigenvalue weighted by atomic mass is 35.5. The standard InChI is InChI=1S/C12H18ClNOS/c1-2-12(7-8-14)16(15)9-10-3-5-11(13)6-4-10/h3-6,12H,2,7-9,14H2,1H3. The lowest BCUT2D eigenvalue weighted by atomic mass is 10.2. The van der Waals surface area contributed by atoms with E-state index in [4.69, 9.17) is 17.3 Å². The summed E-state index contributed by atoms with van der Waals surface area (Å²) >= 11 is 5.80. The molecule has 0 aromatic heterocycles. The SMILES string of the molecule is CCC(CCN)S(=O)Cc1ccc(Cl)cc1. The highest BCUT2D eigenvalue weighted by Gasteiger charge is 2.13. The zero-order valence-electron chi connectivity index (χ0n) is 9.49. The van der Waals surface area contributed by atoms with Crippen molar-refractivity contribution in [2.75, 3.05) is 6.54 Å². The molecule has 1 rings (SSSR count). The molecule has 1 aromatic carbocycles. The fraction of sp³-hybridized carbons (Fsp3) is 0.500. The van der Waals surface area contributed by atoms with Crippen molar-refractivity contribution >= 4 is 22.4 Å². The quantitative estimate of drug-likeness (QED) is 0.854. The van der Waals surface area contributed by atoms with Crippen LogP contribution in [0.3, 0.4) is 0 Å². The molecule has 0 aliphatic carbocycles. The normalized spacial score (nSPS) is 14.7. The molecule has 0 radical (unpaired) electrons. The first-order valence-corrected chi connectivity index (χ1v) is 7.25. The van der Waals surface area contributed by atoms with E-state index in [0.29, 0.717) is 17.3 Å². The first-order chi connectivity index (χ1) is 7.67. The average Bonchev–Trinajstić information content (AvgIpc) is 2.29. The van der Waals surface area contributed by atoms with Crippen LogP contribution >= 0.6 is 11.6 Å². The number of hydrogen-bond donors (Lipinski definition) is 1. The van der Waals surface area contributed by atoms with Gasteiger partial charge in [-0.25, -0.2) is 0 Å². The van der Waals surface area contributed by atoms with Crippen molar-refractivity contribution in [3.05, 3.63) is 34.9 Å². The van der Waals surface area contributed by atoms with Crippen LogP contribution in [-0.2, 0) is 16.6 Å². The van der Waals surface area contributed by atoms with E-state index in [1.54, 1.807) is 0 Å². The van der Waals surface area contributed by atoms with E-state index in [2.05, 4.69) is 6.92 Å². The monoisotopic (exact) mass is 259 g/mol. The molecule has 0 aliphatic rings. The van der Waals surface area contributed by atoms with E-state index >= 15 is 0 Å². The molecule has 0 amide bonds. The van der Waals surface area contributed by atoms with Crippen LogP contribution in [0.1, 0.15) is 25.3 Å². The molecule has 4 heteroatoms. The molecule has 90 valence electrons. The second kappa shape index (κ2) is 7.05. The van der Waals surface area contributed by atoms with Crippen LogP contribution in [-0.4, -0.2) is 16.0 Å². The fourth-order valence-electron chi connectivity index (χ4n) is 1.57. The summed E-state index contributed by atoms with van der Waals surface area (Å²) in [6, 6.07) is 7.51. The molecule has 16 heavy (non-hydrogen) atoms. The van der Waals surface area contributed by atoms with Crippen LogP contribution in [0.15, 0.2) is 24.3 Å². The minimum atomic E-state index is -0.838. The van der Waals surface area contributed by atoms with Gasteiger partial charge in [-0.3, -0.25) is 4.21 Å². The Hall–Kier alpha value is -0.380. The Morgan fingerprint density at radius 1 is 1.38 bits per heavy atom. The molecule has 0 spiro atoms. The number of halogens is 1. The third kappa shape index (κ3) is 4.24. The van der Waals surface area contributed by atoms with Gasteiger partial charge < -0.3 is 5.73 Å². The highest BCUT2D eigenvalue weighted by Crippen LogP contribution is 2.15. The summed E-state index contributed by atoms with van der Waals surface area (Å²) in [5, 5.41) is 0.921. The van der Waals surface area contributed by atoms with Crippen molar-refractivity contribution in [2.24, 2.45) is 5.73 Å². The number of benzene rings is 1. The first-order valence-electron chi connectivity index (χ1n) is 5.49. The summed E-state index contributed by atoms with van der Waals surface area (Å²) in [4.78, 5) is 0. The van der Waals surface area contributed by atoms with Crippen LogP contribution in [0.5, 0.6) is 0 Å². The van der Waals surface area contributed by atoms with Gasteiger partial charge in [0.25, 0.3) is 0 Å². The minimum Gasteiger partial charge on any atom is -0.330 e. The zero-order chi connectivity index (χ0) is 12.0. The van der Waals surface area contributed by atoms with Gasteiger partial charge in [0, 0.05) is 26.8 Å².